The number of benzene rings is 3. The van der Waals surface area contributed by atoms with Gasteiger partial charge in [-0.1, -0.05) is 36.4 Å². The molecule has 0 bridgehead atoms. The summed E-state index contributed by atoms with van der Waals surface area (Å²) in [6, 6.07) is 22.0. The average molecular weight is 465 g/mol. The molecule has 7 nitrogen and oxygen atoms in total. The largest absolute Gasteiger partial charge is 0.452 e. The predicted octanol–water partition coefficient (Wildman–Crippen LogP) is 3.65. The van der Waals surface area contributed by atoms with Crippen LogP contribution >= 0.6 is 0 Å². The summed E-state index contributed by atoms with van der Waals surface area (Å²) < 4.78 is 32.6. The normalized spacial score (nSPS) is 12.8. The quantitative estimate of drug-likeness (QED) is 0.499. The lowest BCUT2D eigenvalue weighted by atomic mass is 10.2. The Morgan fingerprint density at radius 1 is 0.939 bits per heavy atom. The van der Waals surface area contributed by atoms with E-state index in [1.807, 2.05) is 30.3 Å². The highest BCUT2D eigenvalue weighted by molar-refractivity contribution is 7.92. The second-order valence-electron chi connectivity index (χ2n) is 7.53. The van der Waals surface area contributed by atoms with Gasteiger partial charge in [-0.15, -0.1) is 0 Å². The number of amides is 1. The molecule has 4 rings (SSSR count). The average Bonchev–Trinajstić information content (AvgIpc) is 3.28. The van der Waals surface area contributed by atoms with Crippen LogP contribution in [0, 0.1) is 0 Å². The highest BCUT2D eigenvalue weighted by Crippen LogP contribution is 2.27. The molecule has 1 aliphatic heterocycles. The molecule has 0 spiro atoms. The summed E-state index contributed by atoms with van der Waals surface area (Å²) in [4.78, 5) is 26.6. The molecule has 0 radical (unpaired) electrons. The fourth-order valence-corrected chi connectivity index (χ4v) is 5.34. The third-order valence-corrected chi connectivity index (χ3v) is 7.44. The zero-order chi connectivity index (χ0) is 23.4. The maximum Gasteiger partial charge on any atom is 0.338 e. The third-order valence-electron chi connectivity index (χ3n) is 5.52. The number of para-hydroxylation sites is 2. The van der Waals surface area contributed by atoms with Crippen LogP contribution in [0.1, 0.15) is 22.8 Å². The van der Waals surface area contributed by atoms with E-state index in [-0.39, 0.29) is 29.5 Å². The molecule has 0 saturated carbocycles. The monoisotopic (exact) mass is 464 g/mol. The Bertz CT molecular complexity index is 1260. The van der Waals surface area contributed by atoms with Crippen LogP contribution < -0.4 is 9.21 Å². The number of hydrogen-bond acceptors (Lipinski definition) is 5. The molecule has 33 heavy (non-hydrogen) atoms. The van der Waals surface area contributed by atoms with Gasteiger partial charge in [0.2, 0.25) is 0 Å². The van der Waals surface area contributed by atoms with E-state index in [0.29, 0.717) is 12.2 Å². The van der Waals surface area contributed by atoms with Crippen molar-refractivity contribution in [2.45, 2.75) is 18.2 Å². The molecular formula is C25H24N2O5S. The second kappa shape index (κ2) is 9.46. The highest BCUT2D eigenvalue weighted by Gasteiger charge is 2.26. The van der Waals surface area contributed by atoms with Crippen molar-refractivity contribution >= 4 is 33.3 Å². The molecule has 0 unspecified atom stereocenters. The van der Waals surface area contributed by atoms with Gasteiger partial charge in [-0.3, -0.25) is 9.10 Å². The maximum absolute atomic E-state index is 13.1. The van der Waals surface area contributed by atoms with Crippen LogP contribution in [0.3, 0.4) is 0 Å². The number of sulfonamides is 1. The molecule has 3 aromatic carbocycles. The van der Waals surface area contributed by atoms with Crippen molar-refractivity contribution in [3.63, 3.8) is 0 Å². The Morgan fingerprint density at radius 2 is 1.61 bits per heavy atom. The first-order valence-corrected chi connectivity index (χ1v) is 12.1. The summed E-state index contributed by atoms with van der Waals surface area (Å²) in [5, 5.41) is 0. The number of nitrogens with zero attached hydrogens (tertiary/aromatic N) is 2. The fourth-order valence-electron chi connectivity index (χ4n) is 3.86. The fraction of sp³-hybridized carbons (Fsp3) is 0.200. The van der Waals surface area contributed by atoms with Gasteiger partial charge in [0.25, 0.3) is 15.9 Å². The Balaban J connectivity index is 1.42. The topological polar surface area (TPSA) is 84.0 Å². The third kappa shape index (κ3) is 4.61. The van der Waals surface area contributed by atoms with Crippen molar-refractivity contribution in [1.82, 2.24) is 0 Å². The van der Waals surface area contributed by atoms with Crippen LogP contribution in [0.25, 0.3) is 0 Å². The van der Waals surface area contributed by atoms with Crippen molar-refractivity contribution < 1.29 is 22.7 Å². The van der Waals surface area contributed by atoms with E-state index >= 15 is 0 Å². The lowest BCUT2D eigenvalue weighted by Gasteiger charge is -2.23. The zero-order valence-corrected chi connectivity index (χ0v) is 19.0. The van der Waals surface area contributed by atoms with Crippen molar-refractivity contribution in [2.24, 2.45) is 0 Å². The van der Waals surface area contributed by atoms with Gasteiger partial charge in [0.1, 0.15) is 0 Å². The lowest BCUT2D eigenvalue weighted by Crippen LogP contribution is -2.33. The van der Waals surface area contributed by atoms with E-state index < -0.39 is 16.0 Å². The number of ether oxygens (including phenoxy) is 1. The first-order chi connectivity index (χ1) is 15.9. The minimum absolute atomic E-state index is 0.0644. The summed E-state index contributed by atoms with van der Waals surface area (Å²) in [6.45, 7) is 2.19. The van der Waals surface area contributed by atoms with Crippen LogP contribution in [0.15, 0.2) is 83.8 Å². The van der Waals surface area contributed by atoms with Crippen LogP contribution in [-0.2, 0) is 26.0 Å². The molecule has 1 amide bonds. The molecule has 1 aliphatic rings. The van der Waals surface area contributed by atoms with Gasteiger partial charge >= 0.3 is 5.97 Å². The molecule has 0 N–H and O–H groups in total. The van der Waals surface area contributed by atoms with E-state index in [9.17, 15) is 18.0 Å². The highest BCUT2D eigenvalue weighted by atomic mass is 32.2. The van der Waals surface area contributed by atoms with Crippen LogP contribution in [0.5, 0.6) is 0 Å². The molecule has 0 atom stereocenters. The Kier molecular flexibility index (Phi) is 6.46. The lowest BCUT2D eigenvalue weighted by molar-refractivity contribution is -0.121. The number of anilines is 2. The van der Waals surface area contributed by atoms with Crippen molar-refractivity contribution in [3.05, 3.63) is 90.0 Å². The predicted molar refractivity (Wildman–Crippen MR) is 126 cm³/mol. The number of hydrogen-bond donors (Lipinski definition) is 0. The molecule has 170 valence electrons. The maximum atomic E-state index is 13.1. The molecular weight excluding hydrogens is 440 g/mol. The number of fused-ring (bicyclic) bond motifs is 1. The van der Waals surface area contributed by atoms with E-state index in [1.165, 1.54) is 28.6 Å². The van der Waals surface area contributed by atoms with E-state index in [2.05, 4.69) is 0 Å². The van der Waals surface area contributed by atoms with Crippen molar-refractivity contribution in [3.8, 4) is 0 Å². The molecule has 0 aliphatic carbocycles. The standard InChI is InChI=1S/C25H24N2O5S/c1-2-27(21-9-4-3-5-10-21)33(30,31)22-14-12-20(13-15-22)25(29)32-18-24(28)26-17-16-19-8-6-7-11-23(19)26/h3-15H,2,16-18H2,1H3. The number of esters is 1. The molecule has 0 fully saturated rings. The summed E-state index contributed by atoms with van der Waals surface area (Å²) >= 11 is 0. The Morgan fingerprint density at radius 3 is 2.30 bits per heavy atom. The molecule has 1 heterocycles. The first kappa shape index (κ1) is 22.5. The Labute approximate surface area is 193 Å². The smallest absolute Gasteiger partial charge is 0.338 e. The number of carbonyl (C=O) groups excluding carboxylic acids is 2. The molecule has 8 heteroatoms. The van der Waals surface area contributed by atoms with Crippen LogP contribution in [0.4, 0.5) is 11.4 Å². The number of rotatable bonds is 7. The minimum atomic E-state index is -3.79. The molecule has 0 saturated heterocycles. The molecule has 0 aromatic heterocycles. The van der Waals surface area contributed by atoms with Gasteiger partial charge in [0, 0.05) is 18.8 Å². The van der Waals surface area contributed by atoms with Crippen molar-refractivity contribution in [1.29, 1.82) is 0 Å². The summed E-state index contributed by atoms with van der Waals surface area (Å²) in [5.74, 6) is -0.982. The van der Waals surface area contributed by atoms with E-state index in [1.54, 1.807) is 36.1 Å². The summed E-state index contributed by atoms with van der Waals surface area (Å²) in [7, 11) is -3.79. The van der Waals surface area contributed by atoms with Gasteiger partial charge in [0.15, 0.2) is 6.61 Å². The second-order valence-corrected chi connectivity index (χ2v) is 9.39. The first-order valence-electron chi connectivity index (χ1n) is 10.6. The van der Waals surface area contributed by atoms with E-state index in [4.69, 9.17) is 4.74 Å². The van der Waals surface area contributed by atoms with Gasteiger partial charge in [-0.25, -0.2) is 13.2 Å². The minimum Gasteiger partial charge on any atom is -0.452 e. The van der Waals surface area contributed by atoms with E-state index in [0.717, 1.165) is 17.7 Å². The van der Waals surface area contributed by atoms with Gasteiger partial charge in [-0.2, -0.15) is 0 Å². The Hall–Kier alpha value is -3.65. The number of carbonyl (C=O) groups is 2. The SMILES string of the molecule is CCN(c1ccccc1)S(=O)(=O)c1ccc(C(=O)OCC(=O)N2CCc3ccccc32)cc1. The summed E-state index contributed by atoms with van der Waals surface area (Å²) in [6.07, 6.45) is 0.767. The zero-order valence-electron chi connectivity index (χ0n) is 18.2. The van der Waals surface area contributed by atoms with Gasteiger partial charge in [-0.05, 0) is 61.4 Å². The van der Waals surface area contributed by atoms with Gasteiger partial charge in [0.05, 0.1) is 16.1 Å². The molecule has 3 aromatic rings. The van der Waals surface area contributed by atoms with Crippen molar-refractivity contribution in [2.75, 3.05) is 28.9 Å². The summed E-state index contributed by atoms with van der Waals surface area (Å²) in [5.41, 5.74) is 2.66. The van der Waals surface area contributed by atoms with Crippen LogP contribution in [-0.4, -0.2) is 40.0 Å². The van der Waals surface area contributed by atoms with Gasteiger partial charge < -0.3 is 9.64 Å². The van der Waals surface area contributed by atoms with Crippen LogP contribution in [0.2, 0.25) is 0 Å².